The number of benzene rings is 3. The van der Waals surface area contributed by atoms with Crippen molar-refractivity contribution in [3.05, 3.63) is 122 Å². The molecule has 0 saturated carbocycles. The average Bonchev–Trinajstić information content (AvgIpc) is 2.93. The molecule has 3 aromatic carbocycles. The third kappa shape index (κ3) is 5.67. The predicted molar refractivity (Wildman–Crippen MR) is 143 cm³/mol. The van der Waals surface area contributed by atoms with Gasteiger partial charge in [0.15, 0.2) is 11.6 Å². The summed E-state index contributed by atoms with van der Waals surface area (Å²) in [7, 11) is 1.29. The molecular weight excluding hydrogens is 509 g/mol. The minimum absolute atomic E-state index is 0.0576. The van der Waals surface area contributed by atoms with Crippen LogP contribution in [0.25, 0.3) is 11.1 Å². The number of hydrogen-bond acceptors (Lipinski definition) is 5. The summed E-state index contributed by atoms with van der Waals surface area (Å²) in [5.41, 5.74) is 4.43. The van der Waals surface area contributed by atoms with E-state index in [2.05, 4.69) is 5.32 Å². The van der Waals surface area contributed by atoms with E-state index < -0.39 is 41.3 Å². The Bertz CT molecular complexity index is 1570. The molecular formula is C29H29F3N4O3. The fourth-order valence-corrected chi connectivity index (χ4v) is 4.57. The van der Waals surface area contributed by atoms with Crippen LogP contribution in [0.2, 0.25) is 0 Å². The van der Waals surface area contributed by atoms with Crippen molar-refractivity contribution in [1.29, 1.82) is 0 Å². The molecule has 1 aromatic heterocycles. The molecule has 39 heavy (non-hydrogen) atoms. The number of halogens is 3. The number of ether oxygens (including phenoxy) is 1. The molecule has 0 fully saturated rings. The SMILES string of the molecule is COc1cccc(-c2c(C)n(Cc3c(F)cccc3F)c(=O)n(CC(NCCN)c3ccccc3)c2=O)c1F. The summed E-state index contributed by atoms with van der Waals surface area (Å²) in [5, 5.41) is 3.23. The zero-order valence-corrected chi connectivity index (χ0v) is 21.6. The maximum atomic E-state index is 15.4. The van der Waals surface area contributed by atoms with E-state index in [4.69, 9.17) is 10.5 Å². The normalized spacial score (nSPS) is 11.9. The summed E-state index contributed by atoms with van der Waals surface area (Å²) in [6.07, 6.45) is 0. The van der Waals surface area contributed by atoms with Crippen molar-refractivity contribution >= 4 is 0 Å². The van der Waals surface area contributed by atoms with Crippen LogP contribution in [-0.2, 0) is 13.1 Å². The highest BCUT2D eigenvalue weighted by atomic mass is 19.1. The van der Waals surface area contributed by atoms with E-state index in [0.29, 0.717) is 13.1 Å². The molecule has 4 aromatic rings. The molecule has 0 aliphatic rings. The topological polar surface area (TPSA) is 91.3 Å². The van der Waals surface area contributed by atoms with E-state index in [0.717, 1.165) is 26.8 Å². The third-order valence-electron chi connectivity index (χ3n) is 6.62. The summed E-state index contributed by atoms with van der Waals surface area (Å²) < 4.78 is 51.8. The van der Waals surface area contributed by atoms with Crippen molar-refractivity contribution in [3.63, 3.8) is 0 Å². The molecule has 10 heteroatoms. The van der Waals surface area contributed by atoms with E-state index in [1.807, 2.05) is 30.3 Å². The molecule has 0 aliphatic heterocycles. The first-order chi connectivity index (χ1) is 18.8. The standard InChI is InChI=1S/C29H29F3N4O3/c1-18-26(20-10-6-13-25(39-2)27(20)32)28(37)36(17-24(34-15-14-33)19-8-4-3-5-9-19)29(38)35(18)16-21-22(30)11-7-12-23(21)31/h3-13,24,34H,14-17,33H2,1-2H3. The Kier molecular flexibility index (Phi) is 8.68. The smallest absolute Gasteiger partial charge is 0.331 e. The maximum Gasteiger partial charge on any atom is 0.331 e. The molecule has 1 heterocycles. The van der Waals surface area contributed by atoms with E-state index in [9.17, 15) is 18.4 Å². The molecule has 0 radical (unpaired) electrons. The Morgan fingerprint density at radius 3 is 2.23 bits per heavy atom. The van der Waals surface area contributed by atoms with Crippen LogP contribution < -0.4 is 27.0 Å². The van der Waals surface area contributed by atoms with Gasteiger partial charge in [-0.1, -0.05) is 48.5 Å². The molecule has 7 nitrogen and oxygen atoms in total. The molecule has 0 amide bonds. The zero-order chi connectivity index (χ0) is 28.1. The zero-order valence-electron chi connectivity index (χ0n) is 21.6. The number of aromatic nitrogens is 2. The van der Waals surface area contributed by atoms with E-state index in [1.54, 1.807) is 0 Å². The average molecular weight is 539 g/mol. The Morgan fingerprint density at radius 2 is 1.59 bits per heavy atom. The van der Waals surface area contributed by atoms with Gasteiger partial charge in [0, 0.05) is 29.9 Å². The molecule has 1 atom stereocenters. The van der Waals surface area contributed by atoms with Crippen molar-refractivity contribution in [2.45, 2.75) is 26.1 Å². The Morgan fingerprint density at radius 1 is 0.923 bits per heavy atom. The molecule has 0 spiro atoms. The van der Waals surface area contributed by atoms with E-state index in [1.165, 1.54) is 38.3 Å². The van der Waals surface area contributed by atoms with Crippen LogP contribution >= 0.6 is 0 Å². The molecule has 0 saturated heterocycles. The third-order valence-corrected chi connectivity index (χ3v) is 6.62. The molecule has 3 N–H and O–H groups in total. The van der Waals surface area contributed by atoms with Crippen LogP contribution in [0.1, 0.15) is 22.9 Å². The first-order valence-corrected chi connectivity index (χ1v) is 12.4. The van der Waals surface area contributed by atoms with Crippen molar-refractivity contribution < 1.29 is 17.9 Å². The van der Waals surface area contributed by atoms with Crippen molar-refractivity contribution in [3.8, 4) is 16.9 Å². The van der Waals surface area contributed by atoms with Crippen molar-refractivity contribution in [1.82, 2.24) is 14.5 Å². The van der Waals surface area contributed by atoms with Crippen molar-refractivity contribution in [2.24, 2.45) is 5.73 Å². The van der Waals surface area contributed by atoms with Gasteiger partial charge in [-0.25, -0.2) is 18.0 Å². The molecule has 0 aliphatic carbocycles. The second-order valence-electron chi connectivity index (χ2n) is 8.97. The summed E-state index contributed by atoms with van der Waals surface area (Å²) >= 11 is 0. The van der Waals surface area contributed by atoms with Crippen LogP contribution in [0.15, 0.2) is 76.3 Å². The van der Waals surface area contributed by atoms with E-state index >= 15 is 4.39 Å². The van der Waals surface area contributed by atoms with Gasteiger partial charge in [-0.2, -0.15) is 0 Å². The molecule has 0 bridgehead atoms. The Balaban J connectivity index is 1.98. The monoisotopic (exact) mass is 538 g/mol. The van der Waals surface area contributed by atoms with Gasteiger partial charge in [-0.3, -0.25) is 13.9 Å². The van der Waals surface area contributed by atoms with Crippen LogP contribution in [-0.4, -0.2) is 29.3 Å². The van der Waals surface area contributed by atoms with Gasteiger partial charge in [-0.15, -0.1) is 0 Å². The summed E-state index contributed by atoms with van der Waals surface area (Å²) in [6.45, 7) is 1.51. The van der Waals surface area contributed by atoms with E-state index in [-0.39, 0.29) is 34.7 Å². The van der Waals surface area contributed by atoms with Crippen LogP contribution in [0.3, 0.4) is 0 Å². The summed E-state index contributed by atoms with van der Waals surface area (Å²) in [6, 6.07) is 16.3. The lowest BCUT2D eigenvalue weighted by Crippen LogP contribution is -2.45. The van der Waals surface area contributed by atoms with Gasteiger partial charge in [0.05, 0.1) is 31.8 Å². The van der Waals surface area contributed by atoms with Gasteiger partial charge in [0.25, 0.3) is 5.56 Å². The number of rotatable bonds is 10. The minimum Gasteiger partial charge on any atom is -0.494 e. The fourth-order valence-electron chi connectivity index (χ4n) is 4.57. The number of hydrogen-bond donors (Lipinski definition) is 2. The number of methoxy groups -OCH3 is 1. The second-order valence-corrected chi connectivity index (χ2v) is 8.97. The summed E-state index contributed by atoms with van der Waals surface area (Å²) in [4.78, 5) is 27.7. The highest BCUT2D eigenvalue weighted by molar-refractivity contribution is 5.67. The Labute approximate surface area is 223 Å². The van der Waals surface area contributed by atoms with Gasteiger partial charge < -0.3 is 15.8 Å². The largest absolute Gasteiger partial charge is 0.494 e. The minimum atomic E-state index is -0.847. The lowest BCUT2D eigenvalue weighted by molar-refractivity contribution is 0.387. The van der Waals surface area contributed by atoms with Gasteiger partial charge in [-0.05, 0) is 30.7 Å². The Hall–Kier alpha value is -4.15. The lowest BCUT2D eigenvalue weighted by Gasteiger charge is -2.23. The molecule has 4 rings (SSSR count). The van der Waals surface area contributed by atoms with Gasteiger partial charge in [0.1, 0.15) is 11.6 Å². The van der Waals surface area contributed by atoms with Crippen LogP contribution in [0.4, 0.5) is 13.2 Å². The van der Waals surface area contributed by atoms with Crippen molar-refractivity contribution in [2.75, 3.05) is 20.2 Å². The number of nitrogens with zero attached hydrogens (tertiary/aromatic N) is 2. The van der Waals surface area contributed by atoms with Crippen LogP contribution in [0, 0.1) is 24.4 Å². The number of nitrogens with one attached hydrogen (secondary N) is 1. The van der Waals surface area contributed by atoms with Gasteiger partial charge in [0.2, 0.25) is 0 Å². The quantitative estimate of drug-likeness (QED) is 0.321. The highest BCUT2D eigenvalue weighted by Gasteiger charge is 2.25. The molecule has 1 unspecified atom stereocenters. The fraction of sp³-hybridized carbons (Fsp3) is 0.241. The lowest BCUT2D eigenvalue weighted by atomic mass is 10.0. The van der Waals surface area contributed by atoms with Gasteiger partial charge >= 0.3 is 5.69 Å². The summed E-state index contributed by atoms with van der Waals surface area (Å²) in [5.74, 6) is -2.59. The second kappa shape index (κ2) is 12.1. The first kappa shape index (κ1) is 27.9. The number of nitrogens with two attached hydrogens (primary N) is 1. The molecule has 204 valence electrons. The highest BCUT2D eigenvalue weighted by Crippen LogP contribution is 2.29. The van der Waals surface area contributed by atoms with Crippen LogP contribution in [0.5, 0.6) is 5.75 Å². The predicted octanol–water partition coefficient (Wildman–Crippen LogP) is 3.75. The maximum absolute atomic E-state index is 15.4. The first-order valence-electron chi connectivity index (χ1n) is 12.4.